The summed E-state index contributed by atoms with van der Waals surface area (Å²) < 4.78 is 27.7. The molecule has 6 rings (SSSR count). The van der Waals surface area contributed by atoms with Crippen molar-refractivity contribution in [2.45, 2.75) is 12.1 Å². The lowest BCUT2D eigenvalue weighted by Gasteiger charge is -2.34. The van der Waals surface area contributed by atoms with E-state index in [-0.39, 0.29) is 6.61 Å². The molecular formula is C34H28N4O3S. The van der Waals surface area contributed by atoms with Crippen molar-refractivity contribution < 1.29 is 12.6 Å². The summed E-state index contributed by atoms with van der Waals surface area (Å²) in [5.41, 5.74) is 5.59. The SMILES string of the molecule is CS(=O)(=O)OCc1ccc(-c2ccccc2-c2nnn(C(c3ccccc3)(c3ccccc3)c3ccccc3)n2)cc1. The van der Waals surface area contributed by atoms with Gasteiger partial charge in [0.1, 0.15) is 0 Å². The Kier molecular flexibility index (Phi) is 7.48. The van der Waals surface area contributed by atoms with E-state index in [0.717, 1.165) is 45.2 Å². The van der Waals surface area contributed by atoms with Crippen LogP contribution in [0.1, 0.15) is 22.3 Å². The van der Waals surface area contributed by atoms with E-state index in [9.17, 15) is 8.42 Å². The molecule has 0 saturated carbocycles. The first-order chi connectivity index (χ1) is 20.4. The van der Waals surface area contributed by atoms with Crippen LogP contribution in [-0.4, -0.2) is 34.9 Å². The molecule has 0 aliphatic carbocycles. The summed E-state index contributed by atoms with van der Waals surface area (Å²) in [6.45, 7) is -0.0167. The molecular weight excluding hydrogens is 544 g/mol. The maximum absolute atomic E-state index is 11.4. The van der Waals surface area contributed by atoms with Crippen molar-refractivity contribution in [3.8, 4) is 22.5 Å². The number of hydrogen-bond donors (Lipinski definition) is 0. The summed E-state index contributed by atoms with van der Waals surface area (Å²) in [4.78, 5) is 1.71. The zero-order valence-corrected chi connectivity index (χ0v) is 23.7. The number of rotatable bonds is 9. The lowest BCUT2D eigenvalue weighted by Crippen LogP contribution is -2.39. The highest BCUT2D eigenvalue weighted by Crippen LogP contribution is 2.40. The van der Waals surface area contributed by atoms with Gasteiger partial charge in [0.2, 0.25) is 5.82 Å². The van der Waals surface area contributed by atoms with Gasteiger partial charge in [-0.3, -0.25) is 4.18 Å². The summed E-state index contributed by atoms with van der Waals surface area (Å²) in [6.07, 6.45) is 1.04. The summed E-state index contributed by atoms with van der Waals surface area (Å²) in [6, 6.07) is 46.1. The summed E-state index contributed by atoms with van der Waals surface area (Å²) in [7, 11) is -3.52. The third-order valence-corrected chi connectivity index (χ3v) is 7.71. The predicted octanol–water partition coefficient (Wildman–Crippen LogP) is 6.32. The smallest absolute Gasteiger partial charge is 0.264 e. The van der Waals surface area contributed by atoms with Crippen LogP contribution in [0.15, 0.2) is 140 Å². The number of hydrogen-bond acceptors (Lipinski definition) is 6. The van der Waals surface area contributed by atoms with Gasteiger partial charge in [0.25, 0.3) is 10.1 Å². The molecule has 0 bridgehead atoms. The van der Waals surface area contributed by atoms with Crippen molar-refractivity contribution in [3.63, 3.8) is 0 Å². The molecule has 6 aromatic rings. The van der Waals surface area contributed by atoms with Gasteiger partial charge in [-0.1, -0.05) is 140 Å². The van der Waals surface area contributed by atoms with Crippen molar-refractivity contribution in [1.29, 1.82) is 0 Å². The van der Waals surface area contributed by atoms with E-state index < -0.39 is 15.7 Å². The molecule has 0 aliphatic rings. The molecule has 0 N–H and O–H groups in total. The van der Waals surface area contributed by atoms with Crippen molar-refractivity contribution in [2.24, 2.45) is 0 Å². The fraction of sp³-hybridized carbons (Fsp3) is 0.0882. The molecule has 0 unspecified atom stereocenters. The van der Waals surface area contributed by atoms with Crippen molar-refractivity contribution in [2.75, 3.05) is 6.26 Å². The molecule has 0 atom stereocenters. The second-order valence-corrected chi connectivity index (χ2v) is 11.6. The Morgan fingerprint density at radius 2 is 1.12 bits per heavy atom. The van der Waals surface area contributed by atoms with Gasteiger partial charge in [0.15, 0.2) is 5.54 Å². The third-order valence-electron chi connectivity index (χ3n) is 7.16. The molecule has 0 saturated heterocycles. The van der Waals surface area contributed by atoms with Crippen LogP contribution >= 0.6 is 0 Å². The van der Waals surface area contributed by atoms with Gasteiger partial charge in [-0.2, -0.15) is 8.42 Å². The topological polar surface area (TPSA) is 87.0 Å². The zero-order valence-electron chi connectivity index (χ0n) is 22.9. The van der Waals surface area contributed by atoms with E-state index in [2.05, 4.69) is 46.7 Å². The maximum atomic E-state index is 11.4. The van der Waals surface area contributed by atoms with E-state index in [1.807, 2.05) is 103 Å². The largest absolute Gasteiger partial charge is 0.265 e. The minimum atomic E-state index is -3.52. The Morgan fingerprint density at radius 1 is 0.643 bits per heavy atom. The van der Waals surface area contributed by atoms with Gasteiger partial charge in [-0.05, 0) is 38.6 Å². The van der Waals surface area contributed by atoms with Crippen LogP contribution < -0.4 is 0 Å². The zero-order chi connectivity index (χ0) is 29.0. The van der Waals surface area contributed by atoms with Crippen LogP contribution in [0.25, 0.3) is 22.5 Å². The van der Waals surface area contributed by atoms with Gasteiger partial charge < -0.3 is 0 Å². The molecule has 8 heteroatoms. The van der Waals surface area contributed by atoms with E-state index >= 15 is 0 Å². The van der Waals surface area contributed by atoms with Crippen LogP contribution in [0, 0.1) is 0 Å². The number of benzene rings is 5. The Morgan fingerprint density at radius 3 is 1.62 bits per heavy atom. The van der Waals surface area contributed by atoms with Crippen LogP contribution in [0.4, 0.5) is 0 Å². The molecule has 1 heterocycles. The van der Waals surface area contributed by atoms with E-state index in [0.29, 0.717) is 5.82 Å². The van der Waals surface area contributed by atoms with Crippen molar-refractivity contribution in [1.82, 2.24) is 20.2 Å². The second kappa shape index (κ2) is 11.5. The monoisotopic (exact) mass is 572 g/mol. The highest BCUT2D eigenvalue weighted by atomic mass is 32.2. The number of tetrazole rings is 1. The molecule has 42 heavy (non-hydrogen) atoms. The predicted molar refractivity (Wildman–Crippen MR) is 163 cm³/mol. The second-order valence-electron chi connectivity index (χ2n) is 9.92. The van der Waals surface area contributed by atoms with Crippen LogP contribution in [0.2, 0.25) is 0 Å². The molecule has 7 nitrogen and oxygen atoms in total. The molecule has 5 aromatic carbocycles. The lowest BCUT2D eigenvalue weighted by molar-refractivity contribution is 0.311. The highest BCUT2D eigenvalue weighted by molar-refractivity contribution is 7.85. The Balaban J connectivity index is 1.47. The fourth-order valence-corrected chi connectivity index (χ4v) is 5.58. The van der Waals surface area contributed by atoms with Gasteiger partial charge in [0.05, 0.1) is 12.9 Å². The van der Waals surface area contributed by atoms with Gasteiger partial charge in [0, 0.05) is 5.56 Å². The Labute approximate surface area is 245 Å². The van der Waals surface area contributed by atoms with E-state index in [4.69, 9.17) is 9.28 Å². The lowest BCUT2D eigenvalue weighted by atomic mass is 9.77. The average molecular weight is 573 g/mol. The van der Waals surface area contributed by atoms with Crippen LogP contribution in [0.5, 0.6) is 0 Å². The minimum absolute atomic E-state index is 0.0167. The van der Waals surface area contributed by atoms with Gasteiger partial charge in [-0.25, -0.2) is 0 Å². The number of aromatic nitrogens is 4. The Bertz CT molecular complexity index is 1800. The highest BCUT2D eigenvalue weighted by Gasteiger charge is 2.41. The first kappa shape index (κ1) is 27.3. The van der Waals surface area contributed by atoms with Gasteiger partial charge in [-0.15, -0.1) is 15.0 Å². The van der Waals surface area contributed by atoms with E-state index in [1.54, 1.807) is 4.80 Å². The first-order valence-corrected chi connectivity index (χ1v) is 15.3. The standard InChI is InChI=1S/C34H28N4O3S/c1-42(39,40)41-25-26-21-23-27(24-22-26)31-19-11-12-20-32(31)33-35-37-38(36-33)34(28-13-5-2-6-14-28,29-15-7-3-8-16-29)30-17-9-4-10-18-30/h2-24H,25H2,1H3. The fourth-order valence-electron chi connectivity index (χ4n) is 5.23. The first-order valence-electron chi connectivity index (χ1n) is 13.5. The quantitative estimate of drug-likeness (QED) is 0.149. The van der Waals surface area contributed by atoms with Crippen LogP contribution in [-0.2, 0) is 26.4 Å². The summed E-state index contributed by atoms with van der Waals surface area (Å²) >= 11 is 0. The summed E-state index contributed by atoms with van der Waals surface area (Å²) in [5, 5.41) is 14.3. The number of nitrogens with zero attached hydrogens (tertiary/aromatic N) is 4. The summed E-state index contributed by atoms with van der Waals surface area (Å²) in [5.74, 6) is 0.488. The van der Waals surface area contributed by atoms with E-state index in [1.165, 1.54) is 0 Å². The normalized spacial score (nSPS) is 11.8. The molecule has 0 aliphatic heterocycles. The molecule has 208 valence electrons. The molecule has 0 spiro atoms. The minimum Gasteiger partial charge on any atom is -0.265 e. The molecule has 0 radical (unpaired) electrons. The maximum Gasteiger partial charge on any atom is 0.264 e. The molecule has 0 fully saturated rings. The van der Waals surface area contributed by atoms with Gasteiger partial charge >= 0.3 is 0 Å². The van der Waals surface area contributed by atoms with Crippen molar-refractivity contribution >= 4 is 10.1 Å². The molecule has 1 aromatic heterocycles. The third kappa shape index (κ3) is 5.37. The van der Waals surface area contributed by atoms with Crippen LogP contribution in [0.3, 0.4) is 0 Å². The Hall–Kier alpha value is -4.92. The van der Waals surface area contributed by atoms with Crippen molar-refractivity contribution in [3.05, 3.63) is 162 Å². The average Bonchev–Trinajstić information content (AvgIpc) is 3.52. The molecule has 0 amide bonds.